The van der Waals surface area contributed by atoms with Crippen molar-refractivity contribution in [2.75, 3.05) is 43.9 Å². The molecule has 0 atom stereocenters. The molecule has 1 heterocycles. The van der Waals surface area contributed by atoms with Crippen LogP contribution in [0.1, 0.15) is 26.3 Å². The summed E-state index contributed by atoms with van der Waals surface area (Å²) < 4.78 is 10.6. The summed E-state index contributed by atoms with van der Waals surface area (Å²) >= 11 is 0. The highest BCUT2D eigenvalue weighted by atomic mass is 16.6. The first-order valence-electron chi connectivity index (χ1n) is 7.85. The minimum atomic E-state index is -0.507. The molecule has 7 nitrogen and oxygen atoms in total. The first-order valence-corrected chi connectivity index (χ1v) is 7.85. The Bertz CT molecular complexity index is 653. The van der Waals surface area contributed by atoms with Gasteiger partial charge in [-0.1, -0.05) is 0 Å². The van der Waals surface area contributed by atoms with Crippen LogP contribution in [0.3, 0.4) is 0 Å². The second kappa shape index (κ2) is 6.87. The molecule has 1 aromatic carbocycles. The fraction of sp³-hybridized carbons (Fsp3) is 0.529. The average molecular weight is 332 g/mol. The van der Waals surface area contributed by atoms with Crippen LogP contribution in [0.15, 0.2) is 12.1 Å². The van der Waals surface area contributed by atoms with Gasteiger partial charge in [-0.15, -0.1) is 0 Å². The van der Waals surface area contributed by atoms with E-state index in [2.05, 4.69) is 11.0 Å². The van der Waals surface area contributed by atoms with Gasteiger partial charge in [0.1, 0.15) is 17.4 Å². The first kappa shape index (κ1) is 17.7. The van der Waals surface area contributed by atoms with Crippen LogP contribution < -0.4 is 15.4 Å². The number of hydrogen-bond acceptors (Lipinski definition) is 6. The van der Waals surface area contributed by atoms with Crippen molar-refractivity contribution in [3.05, 3.63) is 17.7 Å². The summed E-state index contributed by atoms with van der Waals surface area (Å²) in [6.45, 7) is 7.84. The second-order valence-corrected chi connectivity index (χ2v) is 6.68. The second-order valence-electron chi connectivity index (χ2n) is 6.68. The molecule has 1 aliphatic rings. The lowest BCUT2D eigenvalue weighted by molar-refractivity contribution is 0.0240. The molecule has 1 aliphatic heterocycles. The monoisotopic (exact) mass is 332 g/mol. The van der Waals surface area contributed by atoms with E-state index in [0.29, 0.717) is 43.2 Å². The Morgan fingerprint density at radius 2 is 1.88 bits per heavy atom. The zero-order valence-corrected chi connectivity index (χ0v) is 14.6. The molecule has 1 fully saturated rings. The molecule has 0 aliphatic carbocycles. The topological polar surface area (TPSA) is 91.8 Å². The number of anilines is 2. The van der Waals surface area contributed by atoms with Crippen LogP contribution in [-0.2, 0) is 4.74 Å². The third-order valence-corrected chi connectivity index (χ3v) is 3.74. The van der Waals surface area contributed by atoms with Crippen molar-refractivity contribution in [3.63, 3.8) is 0 Å². The number of amides is 1. The third kappa shape index (κ3) is 4.02. The molecule has 0 unspecified atom stereocenters. The molecule has 1 amide bonds. The van der Waals surface area contributed by atoms with Crippen LogP contribution >= 0.6 is 0 Å². The van der Waals surface area contributed by atoms with Crippen LogP contribution in [0.2, 0.25) is 0 Å². The largest absolute Gasteiger partial charge is 0.495 e. The summed E-state index contributed by atoms with van der Waals surface area (Å²) in [7, 11) is 1.54. The van der Waals surface area contributed by atoms with E-state index in [1.54, 1.807) is 24.1 Å². The lowest BCUT2D eigenvalue weighted by atomic mass is 10.1. The van der Waals surface area contributed by atoms with Gasteiger partial charge >= 0.3 is 6.09 Å². The van der Waals surface area contributed by atoms with Gasteiger partial charge in [0.15, 0.2) is 0 Å². The van der Waals surface area contributed by atoms with E-state index in [1.165, 1.54) is 0 Å². The molecule has 1 aromatic rings. The third-order valence-electron chi connectivity index (χ3n) is 3.74. The summed E-state index contributed by atoms with van der Waals surface area (Å²) in [4.78, 5) is 15.9. The molecule has 2 rings (SSSR count). The highest BCUT2D eigenvalue weighted by molar-refractivity contribution is 5.72. The van der Waals surface area contributed by atoms with Gasteiger partial charge < -0.3 is 25.0 Å². The SMILES string of the molecule is COc1cc(N2CCN(C(=O)OC(C)(C)C)CC2)c(C#N)cc1N. The number of rotatable bonds is 2. The van der Waals surface area contributed by atoms with E-state index < -0.39 is 5.60 Å². The Morgan fingerprint density at radius 3 is 2.38 bits per heavy atom. The molecular formula is C17H24N4O3. The Kier molecular flexibility index (Phi) is 5.07. The first-order chi connectivity index (χ1) is 11.2. The number of carbonyl (C=O) groups is 1. The fourth-order valence-corrected chi connectivity index (χ4v) is 2.57. The minimum Gasteiger partial charge on any atom is -0.495 e. The van der Waals surface area contributed by atoms with E-state index in [-0.39, 0.29) is 6.09 Å². The van der Waals surface area contributed by atoms with E-state index >= 15 is 0 Å². The maximum atomic E-state index is 12.1. The van der Waals surface area contributed by atoms with Crippen molar-refractivity contribution in [2.45, 2.75) is 26.4 Å². The van der Waals surface area contributed by atoms with Crippen molar-refractivity contribution in [1.82, 2.24) is 4.90 Å². The molecule has 24 heavy (non-hydrogen) atoms. The molecule has 0 aromatic heterocycles. The molecule has 0 radical (unpaired) electrons. The maximum Gasteiger partial charge on any atom is 0.410 e. The van der Waals surface area contributed by atoms with Gasteiger partial charge in [0.2, 0.25) is 0 Å². The summed E-state index contributed by atoms with van der Waals surface area (Å²) in [6.07, 6.45) is -0.308. The number of nitrogen functional groups attached to an aromatic ring is 1. The smallest absolute Gasteiger partial charge is 0.410 e. The lowest BCUT2D eigenvalue weighted by Crippen LogP contribution is -2.50. The van der Waals surface area contributed by atoms with E-state index in [0.717, 1.165) is 5.69 Å². The number of benzene rings is 1. The van der Waals surface area contributed by atoms with Gasteiger partial charge in [-0.2, -0.15) is 5.26 Å². The molecular weight excluding hydrogens is 308 g/mol. The molecule has 130 valence electrons. The minimum absolute atomic E-state index is 0.308. The van der Waals surface area contributed by atoms with Gasteiger partial charge in [0.25, 0.3) is 0 Å². The number of nitriles is 1. The summed E-state index contributed by atoms with van der Waals surface area (Å²) in [6, 6.07) is 5.56. The number of nitrogens with zero attached hydrogens (tertiary/aromatic N) is 3. The number of hydrogen-bond donors (Lipinski definition) is 1. The van der Waals surface area contributed by atoms with E-state index in [9.17, 15) is 10.1 Å². The molecule has 0 saturated carbocycles. The molecule has 0 bridgehead atoms. The number of nitrogens with two attached hydrogens (primary N) is 1. The number of ether oxygens (including phenoxy) is 2. The Hall–Kier alpha value is -2.62. The standard InChI is InChI=1S/C17H24N4O3/c1-17(2,3)24-16(22)21-7-5-20(6-8-21)14-10-15(23-4)13(19)9-12(14)11-18/h9-10H,5-8,19H2,1-4H3. The average Bonchev–Trinajstić information content (AvgIpc) is 2.53. The Morgan fingerprint density at radius 1 is 1.25 bits per heavy atom. The zero-order valence-electron chi connectivity index (χ0n) is 14.6. The highest BCUT2D eigenvalue weighted by Crippen LogP contribution is 2.32. The molecule has 2 N–H and O–H groups in total. The van der Waals surface area contributed by atoms with Crippen molar-refractivity contribution in [3.8, 4) is 11.8 Å². The molecule has 7 heteroatoms. The van der Waals surface area contributed by atoms with Crippen LogP contribution in [0, 0.1) is 11.3 Å². The number of carbonyl (C=O) groups excluding carboxylic acids is 1. The van der Waals surface area contributed by atoms with Crippen LogP contribution in [0.25, 0.3) is 0 Å². The highest BCUT2D eigenvalue weighted by Gasteiger charge is 2.27. The normalized spacial score (nSPS) is 15.0. The van der Waals surface area contributed by atoms with Gasteiger partial charge in [0, 0.05) is 32.2 Å². The van der Waals surface area contributed by atoms with Crippen LogP contribution in [0.5, 0.6) is 5.75 Å². The Balaban J connectivity index is 2.10. The van der Waals surface area contributed by atoms with Crippen molar-refractivity contribution >= 4 is 17.5 Å². The number of methoxy groups -OCH3 is 1. The maximum absolute atomic E-state index is 12.1. The van der Waals surface area contributed by atoms with Crippen molar-refractivity contribution < 1.29 is 14.3 Å². The van der Waals surface area contributed by atoms with Crippen molar-refractivity contribution in [2.24, 2.45) is 0 Å². The van der Waals surface area contributed by atoms with Crippen molar-refractivity contribution in [1.29, 1.82) is 5.26 Å². The lowest BCUT2D eigenvalue weighted by Gasteiger charge is -2.37. The van der Waals surface area contributed by atoms with Gasteiger partial charge in [0.05, 0.1) is 24.0 Å². The van der Waals surface area contributed by atoms with Crippen LogP contribution in [-0.4, -0.2) is 49.9 Å². The zero-order chi connectivity index (χ0) is 17.9. The predicted octanol–water partition coefficient (Wildman–Crippen LogP) is 2.21. The number of piperazine rings is 1. The van der Waals surface area contributed by atoms with Gasteiger partial charge in [-0.25, -0.2) is 4.79 Å². The predicted molar refractivity (Wildman–Crippen MR) is 92.1 cm³/mol. The fourth-order valence-electron chi connectivity index (χ4n) is 2.57. The Labute approximate surface area is 142 Å². The summed E-state index contributed by atoms with van der Waals surface area (Å²) in [5.74, 6) is 0.540. The van der Waals surface area contributed by atoms with E-state index in [4.69, 9.17) is 15.2 Å². The van der Waals surface area contributed by atoms with Gasteiger partial charge in [-0.05, 0) is 26.8 Å². The summed E-state index contributed by atoms with van der Waals surface area (Å²) in [5, 5.41) is 9.35. The van der Waals surface area contributed by atoms with E-state index in [1.807, 2.05) is 20.8 Å². The molecule has 1 saturated heterocycles. The van der Waals surface area contributed by atoms with Crippen LogP contribution in [0.4, 0.5) is 16.2 Å². The quantitative estimate of drug-likeness (QED) is 0.835. The summed E-state index contributed by atoms with van der Waals surface area (Å²) in [5.41, 5.74) is 7.06. The van der Waals surface area contributed by atoms with Gasteiger partial charge in [-0.3, -0.25) is 0 Å². The molecule has 0 spiro atoms.